The molecule has 2 aromatic carbocycles. The lowest BCUT2D eigenvalue weighted by atomic mass is 9.83. The van der Waals surface area contributed by atoms with Crippen LogP contribution in [0.4, 0.5) is 18.9 Å². The molecule has 1 unspecified atom stereocenters. The molecule has 2 amide bonds. The van der Waals surface area contributed by atoms with Crippen molar-refractivity contribution < 1.29 is 27.9 Å². The summed E-state index contributed by atoms with van der Waals surface area (Å²) in [5.74, 6) is -1.25. The fourth-order valence-electron chi connectivity index (χ4n) is 5.21. The first kappa shape index (κ1) is 25.2. The number of benzene rings is 2. The first-order valence-corrected chi connectivity index (χ1v) is 12.2. The van der Waals surface area contributed by atoms with Crippen LogP contribution in [0.3, 0.4) is 0 Å². The molecule has 1 atom stereocenters. The van der Waals surface area contributed by atoms with Gasteiger partial charge >= 0.3 is 6.18 Å². The Balaban J connectivity index is 1.31. The minimum atomic E-state index is -4.36. The van der Waals surface area contributed by atoms with E-state index in [0.29, 0.717) is 66.6 Å². The minimum absolute atomic E-state index is 0.233. The second-order valence-corrected chi connectivity index (χ2v) is 9.87. The minimum Gasteiger partial charge on any atom is -0.398 e. The molecule has 0 aliphatic carbocycles. The number of nitrogens with two attached hydrogens (primary N) is 1. The number of anilines is 1. The number of alkyl halides is 3. The topological polar surface area (TPSA) is 109 Å². The summed E-state index contributed by atoms with van der Waals surface area (Å²) in [5.41, 5.74) is 7.79. The Hall–Kier alpha value is -3.50. The number of hydrogen-bond acceptors (Lipinski definition) is 6. The number of carbonyl (C=O) groups is 2. The molecule has 7 nitrogen and oxygen atoms in total. The van der Waals surface area contributed by atoms with E-state index in [9.17, 15) is 27.9 Å². The summed E-state index contributed by atoms with van der Waals surface area (Å²) in [6.07, 6.45) is -1.30. The Morgan fingerprint density at radius 2 is 1.81 bits per heavy atom. The fourth-order valence-corrected chi connectivity index (χ4v) is 5.21. The van der Waals surface area contributed by atoms with Crippen LogP contribution in [0.1, 0.15) is 53.9 Å². The number of carbonyl (C=O) groups excluding carboxylic acids is 2. The van der Waals surface area contributed by atoms with E-state index in [1.807, 2.05) is 12.1 Å². The Labute approximate surface area is 211 Å². The maximum Gasteiger partial charge on any atom is 0.416 e. The smallest absolute Gasteiger partial charge is 0.398 e. The van der Waals surface area contributed by atoms with Gasteiger partial charge in [0.15, 0.2) is 0 Å². The van der Waals surface area contributed by atoms with Crippen molar-refractivity contribution in [2.45, 2.75) is 49.9 Å². The zero-order valence-corrected chi connectivity index (χ0v) is 20.0. The van der Waals surface area contributed by atoms with E-state index in [2.05, 4.69) is 15.2 Å². The Morgan fingerprint density at radius 1 is 1.11 bits per heavy atom. The zero-order valence-electron chi connectivity index (χ0n) is 20.0. The average Bonchev–Trinajstić information content (AvgIpc) is 2.86. The summed E-state index contributed by atoms with van der Waals surface area (Å²) in [7, 11) is 0. The van der Waals surface area contributed by atoms with Gasteiger partial charge in [0.2, 0.25) is 11.8 Å². The normalized spacial score (nSPS) is 20.7. The van der Waals surface area contributed by atoms with Crippen LogP contribution in [-0.4, -0.2) is 39.9 Å². The molecule has 194 valence electrons. The van der Waals surface area contributed by atoms with Crippen molar-refractivity contribution in [2.24, 2.45) is 0 Å². The molecule has 3 heterocycles. The van der Waals surface area contributed by atoms with Gasteiger partial charge in [0.1, 0.15) is 0 Å². The van der Waals surface area contributed by atoms with Crippen molar-refractivity contribution in [3.63, 3.8) is 0 Å². The first-order valence-electron chi connectivity index (χ1n) is 12.2. The van der Waals surface area contributed by atoms with Crippen LogP contribution in [-0.2, 0) is 27.9 Å². The maximum atomic E-state index is 12.8. The number of halogens is 3. The fraction of sp³-hybridized carbons (Fsp3) is 0.370. The number of imide groups is 1. The van der Waals surface area contributed by atoms with Gasteiger partial charge in [-0.15, -0.1) is 0 Å². The molecule has 0 saturated carbocycles. The first-order chi connectivity index (χ1) is 17.5. The molecule has 2 aliphatic rings. The maximum absolute atomic E-state index is 12.8. The molecule has 2 fully saturated rings. The van der Waals surface area contributed by atoms with Crippen LogP contribution in [0, 0.1) is 0 Å². The Morgan fingerprint density at radius 3 is 2.46 bits per heavy atom. The van der Waals surface area contributed by atoms with Gasteiger partial charge in [0, 0.05) is 48.9 Å². The van der Waals surface area contributed by atoms with Gasteiger partial charge < -0.3 is 10.8 Å². The monoisotopic (exact) mass is 512 g/mol. The number of fused-ring (bicyclic) bond motifs is 1. The number of likely N-dealkylation sites (tertiary alicyclic amines) is 1. The van der Waals surface area contributed by atoms with Crippen molar-refractivity contribution >= 4 is 28.4 Å². The number of aromatic nitrogens is 1. The third kappa shape index (κ3) is 5.03. The predicted molar refractivity (Wildman–Crippen MR) is 131 cm³/mol. The molecule has 4 N–H and O–H groups in total. The lowest BCUT2D eigenvalue weighted by Crippen LogP contribution is -2.42. The van der Waals surface area contributed by atoms with E-state index >= 15 is 0 Å². The lowest BCUT2D eigenvalue weighted by molar-refractivity contribution is -0.138. The van der Waals surface area contributed by atoms with E-state index in [1.54, 1.807) is 12.3 Å². The predicted octanol–water partition coefficient (Wildman–Crippen LogP) is 3.84. The summed E-state index contributed by atoms with van der Waals surface area (Å²) in [6, 6.07) is 10.6. The molecule has 1 aromatic heterocycles. The van der Waals surface area contributed by atoms with Crippen molar-refractivity contribution in [1.29, 1.82) is 0 Å². The van der Waals surface area contributed by atoms with Gasteiger partial charge in [-0.1, -0.05) is 18.2 Å². The Kier molecular flexibility index (Phi) is 6.41. The molecule has 2 aliphatic heterocycles. The number of rotatable bonds is 4. The lowest BCUT2D eigenvalue weighted by Gasteiger charge is -2.38. The quantitative estimate of drug-likeness (QED) is 0.459. The summed E-state index contributed by atoms with van der Waals surface area (Å²) in [6.45, 7) is 1.64. The van der Waals surface area contributed by atoms with Crippen molar-refractivity contribution in [3.05, 3.63) is 70.9 Å². The highest BCUT2D eigenvalue weighted by atomic mass is 19.4. The summed E-state index contributed by atoms with van der Waals surface area (Å²) in [4.78, 5) is 30.5. The molecule has 0 spiro atoms. The largest absolute Gasteiger partial charge is 0.416 e. The molecular weight excluding hydrogens is 485 g/mol. The molecule has 3 aromatic rings. The van der Waals surface area contributed by atoms with Crippen LogP contribution in [0.2, 0.25) is 0 Å². The zero-order chi connectivity index (χ0) is 26.4. The van der Waals surface area contributed by atoms with E-state index < -0.39 is 23.3 Å². The number of hydrogen-bond donors (Lipinski definition) is 3. The van der Waals surface area contributed by atoms with Crippen LogP contribution in [0.25, 0.3) is 10.9 Å². The van der Waals surface area contributed by atoms with Gasteiger partial charge in [-0.2, -0.15) is 13.2 Å². The number of nitrogen functional groups attached to an aromatic ring is 1. The number of piperidine rings is 2. The van der Waals surface area contributed by atoms with Gasteiger partial charge in [0.05, 0.1) is 22.6 Å². The third-order valence-corrected chi connectivity index (χ3v) is 7.46. The number of pyridine rings is 1. The summed E-state index contributed by atoms with van der Waals surface area (Å²) < 4.78 is 38.4. The second kappa shape index (κ2) is 9.42. The summed E-state index contributed by atoms with van der Waals surface area (Å²) >= 11 is 0. The van der Waals surface area contributed by atoms with Crippen LogP contribution in [0.15, 0.2) is 48.7 Å². The standard InChI is InChI=1S/C27H27F3N4O3/c28-27(29,30)17-3-1-16(2-4-17)15-34-11-9-26(37,10-12-34)18-5-7-22-20(13-18)24(31)21(14-32-22)19-6-8-23(35)33-25(19)36/h1-5,7,13-14,19,37H,6,8-12,15H2,(H2,31,32)(H,33,35,36). The third-order valence-electron chi connectivity index (χ3n) is 7.46. The summed E-state index contributed by atoms with van der Waals surface area (Å²) in [5, 5.41) is 14.5. The van der Waals surface area contributed by atoms with Crippen molar-refractivity contribution in [3.8, 4) is 0 Å². The molecule has 5 rings (SSSR count). The molecule has 37 heavy (non-hydrogen) atoms. The number of nitrogens with one attached hydrogen (secondary N) is 1. The molecule has 0 bridgehead atoms. The number of aliphatic hydroxyl groups is 1. The van der Waals surface area contributed by atoms with Gasteiger partial charge in [-0.3, -0.25) is 24.8 Å². The SMILES string of the molecule is Nc1c(C2CCC(=O)NC2=O)cnc2ccc(C3(O)CCN(Cc4ccc(C(F)(F)F)cc4)CC3)cc12. The van der Waals surface area contributed by atoms with Crippen LogP contribution < -0.4 is 11.1 Å². The molecule has 0 radical (unpaired) electrons. The van der Waals surface area contributed by atoms with Gasteiger partial charge in [0.25, 0.3) is 0 Å². The second-order valence-electron chi connectivity index (χ2n) is 9.87. The highest BCUT2D eigenvalue weighted by Crippen LogP contribution is 2.38. The van der Waals surface area contributed by atoms with Crippen molar-refractivity contribution in [1.82, 2.24) is 15.2 Å². The van der Waals surface area contributed by atoms with E-state index in [-0.39, 0.29) is 18.2 Å². The van der Waals surface area contributed by atoms with E-state index in [1.165, 1.54) is 12.1 Å². The average molecular weight is 513 g/mol. The van der Waals surface area contributed by atoms with Crippen LogP contribution in [0.5, 0.6) is 0 Å². The van der Waals surface area contributed by atoms with Crippen LogP contribution >= 0.6 is 0 Å². The highest BCUT2D eigenvalue weighted by molar-refractivity contribution is 6.03. The van der Waals surface area contributed by atoms with Crippen molar-refractivity contribution in [2.75, 3.05) is 18.8 Å². The van der Waals surface area contributed by atoms with E-state index in [4.69, 9.17) is 5.73 Å². The molecular formula is C27H27F3N4O3. The highest BCUT2D eigenvalue weighted by Gasteiger charge is 2.35. The molecule has 2 saturated heterocycles. The number of nitrogens with zero attached hydrogens (tertiary/aromatic N) is 2. The number of amides is 2. The molecule has 10 heteroatoms. The Bertz CT molecular complexity index is 1350. The van der Waals surface area contributed by atoms with E-state index in [0.717, 1.165) is 17.7 Å². The van der Waals surface area contributed by atoms with Gasteiger partial charge in [-0.05, 0) is 54.7 Å². The van der Waals surface area contributed by atoms with Gasteiger partial charge in [-0.25, -0.2) is 0 Å².